The number of amides is 1. The van der Waals surface area contributed by atoms with Gasteiger partial charge < -0.3 is 10.0 Å². The molecule has 0 radical (unpaired) electrons. The zero-order valence-corrected chi connectivity index (χ0v) is 14.5. The molecule has 0 saturated carbocycles. The van der Waals surface area contributed by atoms with Crippen LogP contribution in [0.1, 0.15) is 34.5 Å². The van der Waals surface area contributed by atoms with Crippen LogP contribution in [-0.4, -0.2) is 44.8 Å². The van der Waals surface area contributed by atoms with Gasteiger partial charge in [0.15, 0.2) is 5.69 Å². The minimum absolute atomic E-state index is 0.110. The Labute approximate surface area is 153 Å². The molecule has 1 atom stereocenters. The van der Waals surface area contributed by atoms with E-state index in [4.69, 9.17) is 5.11 Å². The molecule has 2 heterocycles. The zero-order chi connectivity index (χ0) is 19.8. The highest BCUT2D eigenvalue weighted by Crippen LogP contribution is 2.34. The number of carbonyl (C=O) groups is 2. The summed E-state index contributed by atoms with van der Waals surface area (Å²) in [7, 11) is 0. The van der Waals surface area contributed by atoms with Crippen molar-refractivity contribution in [1.82, 2.24) is 14.7 Å². The Morgan fingerprint density at radius 3 is 2.48 bits per heavy atom. The quantitative estimate of drug-likeness (QED) is 0.886. The van der Waals surface area contributed by atoms with Gasteiger partial charge in [0, 0.05) is 13.1 Å². The number of carboxylic acid groups (broad SMARTS) is 1. The fourth-order valence-electron chi connectivity index (χ4n) is 3.19. The number of aryl methyl sites for hydroxylation is 1. The van der Waals surface area contributed by atoms with E-state index >= 15 is 0 Å². The number of hydrogen-bond acceptors (Lipinski definition) is 3. The summed E-state index contributed by atoms with van der Waals surface area (Å²) in [6.45, 7) is 1.92. The molecule has 1 aliphatic rings. The highest BCUT2D eigenvalue weighted by Gasteiger charge is 2.42. The third-order valence-electron chi connectivity index (χ3n) is 4.60. The maximum atomic E-state index is 13.7. The Bertz CT molecular complexity index is 859. The molecule has 27 heavy (non-hydrogen) atoms. The Morgan fingerprint density at radius 1 is 1.22 bits per heavy atom. The standard InChI is InChI=1S/C18H18F3N3O3/c1-11-4-6-13(7-5-11)24-15(18(19,20)21)14(9-22-24)16(25)23-8-2-3-12(10-23)17(26)27/h4-7,9,12H,2-3,8,10H2,1H3,(H,26,27)/t12-/m0/s1. The third kappa shape index (κ3) is 3.81. The van der Waals surface area contributed by atoms with Gasteiger partial charge in [-0.15, -0.1) is 0 Å². The molecule has 9 heteroatoms. The normalized spacial score (nSPS) is 17.8. The van der Waals surface area contributed by atoms with Crippen molar-refractivity contribution in [2.45, 2.75) is 25.9 Å². The lowest BCUT2D eigenvalue weighted by atomic mass is 9.97. The largest absolute Gasteiger partial charge is 0.481 e. The van der Waals surface area contributed by atoms with Gasteiger partial charge in [-0.3, -0.25) is 9.59 Å². The molecular formula is C18H18F3N3O3. The Kier molecular flexibility index (Phi) is 4.95. The predicted molar refractivity (Wildman–Crippen MR) is 89.6 cm³/mol. The molecule has 6 nitrogen and oxygen atoms in total. The van der Waals surface area contributed by atoms with Crippen molar-refractivity contribution in [3.63, 3.8) is 0 Å². The van der Waals surface area contributed by atoms with Crippen LogP contribution in [0.15, 0.2) is 30.5 Å². The van der Waals surface area contributed by atoms with Gasteiger partial charge in [0.2, 0.25) is 0 Å². The van der Waals surface area contributed by atoms with E-state index in [0.29, 0.717) is 17.5 Å². The van der Waals surface area contributed by atoms with Crippen LogP contribution in [0.2, 0.25) is 0 Å². The van der Waals surface area contributed by atoms with Gasteiger partial charge in [0.05, 0.1) is 23.4 Å². The predicted octanol–water partition coefficient (Wildman–Crippen LogP) is 3.14. The first kappa shape index (κ1) is 18.9. The van der Waals surface area contributed by atoms with Gasteiger partial charge in [0.1, 0.15) is 0 Å². The van der Waals surface area contributed by atoms with Crippen molar-refractivity contribution in [2.24, 2.45) is 5.92 Å². The number of carbonyl (C=O) groups excluding carboxylic acids is 1. The van der Waals surface area contributed by atoms with Crippen LogP contribution in [0.4, 0.5) is 13.2 Å². The van der Waals surface area contributed by atoms with Gasteiger partial charge in [0.25, 0.3) is 5.91 Å². The summed E-state index contributed by atoms with van der Waals surface area (Å²) in [5.74, 6) is -2.69. The molecule has 0 unspecified atom stereocenters. The van der Waals surface area contributed by atoms with E-state index in [-0.39, 0.29) is 18.8 Å². The smallest absolute Gasteiger partial charge is 0.434 e. The number of rotatable bonds is 3. The zero-order valence-electron chi connectivity index (χ0n) is 14.5. The number of halogens is 3. The lowest BCUT2D eigenvalue weighted by Crippen LogP contribution is -2.42. The van der Waals surface area contributed by atoms with Crippen molar-refractivity contribution in [3.05, 3.63) is 47.3 Å². The Balaban J connectivity index is 1.99. The molecular weight excluding hydrogens is 363 g/mol. The lowest BCUT2D eigenvalue weighted by Gasteiger charge is -2.30. The number of benzene rings is 1. The molecule has 1 aromatic heterocycles. The number of carboxylic acids is 1. The molecule has 0 spiro atoms. The van der Waals surface area contributed by atoms with E-state index < -0.39 is 35.2 Å². The summed E-state index contributed by atoms with van der Waals surface area (Å²) in [5, 5.41) is 12.9. The van der Waals surface area contributed by atoms with Crippen molar-refractivity contribution in [2.75, 3.05) is 13.1 Å². The molecule has 144 valence electrons. The number of piperidine rings is 1. The molecule has 2 aromatic rings. The minimum Gasteiger partial charge on any atom is -0.481 e. The average Bonchev–Trinajstić information content (AvgIpc) is 3.07. The molecule has 0 aliphatic carbocycles. The minimum atomic E-state index is -4.80. The number of hydrogen-bond donors (Lipinski definition) is 1. The SMILES string of the molecule is Cc1ccc(-n2ncc(C(=O)N3CCC[C@H](C(=O)O)C3)c2C(F)(F)F)cc1. The van der Waals surface area contributed by atoms with Gasteiger partial charge in [-0.2, -0.15) is 18.3 Å². The molecule has 1 saturated heterocycles. The maximum Gasteiger partial charge on any atom is 0.434 e. The first-order valence-electron chi connectivity index (χ1n) is 8.43. The van der Waals surface area contributed by atoms with Crippen LogP contribution in [0.3, 0.4) is 0 Å². The summed E-state index contributed by atoms with van der Waals surface area (Å²) in [6, 6.07) is 6.29. The number of nitrogens with zero attached hydrogens (tertiary/aromatic N) is 3. The van der Waals surface area contributed by atoms with E-state index in [0.717, 1.165) is 16.7 Å². The van der Waals surface area contributed by atoms with Gasteiger partial charge in [-0.05, 0) is 31.9 Å². The summed E-state index contributed by atoms with van der Waals surface area (Å²) in [6.07, 6.45) is -3.08. The monoisotopic (exact) mass is 381 g/mol. The number of likely N-dealkylation sites (tertiary alicyclic amines) is 1. The topological polar surface area (TPSA) is 75.4 Å². The van der Waals surface area contributed by atoms with Crippen molar-refractivity contribution >= 4 is 11.9 Å². The first-order valence-corrected chi connectivity index (χ1v) is 8.43. The van der Waals surface area contributed by atoms with Crippen LogP contribution in [0, 0.1) is 12.8 Å². The van der Waals surface area contributed by atoms with E-state index in [1.807, 2.05) is 6.92 Å². The molecule has 1 aliphatic heterocycles. The molecule has 1 N–H and O–H groups in total. The summed E-state index contributed by atoms with van der Waals surface area (Å²) >= 11 is 0. The second kappa shape index (κ2) is 7.05. The van der Waals surface area contributed by atoms with Gasteiger partial charge in [-0.1, -0.05) is 17.7 Å². The molecule has 1 amide bonds. The van der Waals surface area contributed by atoms with Gasteiger partial charge in [-0.25, -0.2) is 4.68 Å². The van der Waals surface area contributed by atoms with Crippen molar-refractivity contribution in [1.29, 1.82) is 0 Å². The fraction of sp³-hybridized carbons (Fsp3) is 0.389. The molecule has 1 aromatic carbocycles. The van der Waals surface area contributed by atoms with Crippen LogP contribution in [-0.2, 0) is 11.0 Å². The fourth-order valence-corrected chi connectivity index (χ4v) is 3.19. The molecule has 1 fully saturated rings. The summed E-state index contributed by atoms with van der Waals surface area (Å²) in [4.78, 5) is 25.0. The highest BCUT2D eigenvalue weighted by atomic mass is 19.4. The van der Waals surface area contributed by atoms with Crippen molar-refractivity contribution < 1.29 is 27.9 Å². The highest BCUT2D eigenvalue weighted by molar-refractivity contribution is 5.95. The van der Waals surface area contributed by atoms with E-state index in [1.54, 1.807) is 12.1 Å². The third-order valence-corrected chi connectivity index (χ3v) is 4.60. The van der Waals surface area contributed by atoms with E-state index in [2.05, 4.69) is 5.10 Å². The second-order valence-electron chi connectivity index (χ2n) is 6.58. The van der Waals surface area contributed by atoms with E-state index in [9.17, 15) is 22.8 Å². The first-order chi connectivity index (χ1) is 12.7. The van der Waals surface area contributed by atoms with E-state index in [1.165, 1.54) is 12.1 Å². The molecule has 0 bridgehead atoms. The number of aromatic nitrogens is 2. The average molecular weight is 381 g/mol. The van der Waals surface area contributed by atoms with Gasteiger partial charge >= 0.3 is 12.1 Å². The summed E-state index contributed by atoms with van der Waals surface area (Å²) < 4.78 is 41.8. The second-order valence-corrected chi connectivity index (χ2v) is 6.58. The number of alkyl halides is 3. The Hall–Kier alpha value is -2.84. The Morgan fingerprint density at radius 2 is 1.89 bits per heavy atom. The van der Waals surface area contributed by atoms with Crippen LogP contribution < -0.4 is 0 Å². The summed E-state index contributed by atoms with van der Waals surface area (Å²) in [5.41, 5.74) is -0.666. The van der Waals surface area contributed by atoms with Crippen molar-refractivity contribution in [3.8, 4) is 5.69 Å². The maximum absolute atomic E-state index is 13.7. The lowest BCUT2D eigenvalue weighted by molar-refractivity contribution is -0.144. The molecule has 3 rings (SSSR count). The number of aliphatic carboxylic acids is 1. The van der Waals surface area contributed by atoms with Crippen LogP contribution in [0.25, 0.3) is 5.69 Å². The van der Waals surface area contributed by atoms with Crippen LogP contribution in [0.5, 0.6) is 0 Å². The van der Waals surface area contributed by atoms with Crippen LogP contribution >= 0.6 is 0 Å².